The van der Waals surface area contributed by atoms with Crippen molar-refractivity contribution in [3.8, 4) is 6.07 Å². The van der Waals surface area contributed by atoms with E-state index in [4.69, 9.17) is 10.00 Å². The quantitative estimate of drug-likeness (QED) is 0.734. The molecule has 6 nitrogen and oxygen atoms in total. The second-order valence-corrected chi connectivity index (χ2v) is 7.21. The third-order valence-electron chi connectivity index (χ3n) is 2.70. The summed E-state index contributed by atoms with van der Waals surface area (Å²) in [5, 5.41) is 9.02. The molecule has 1 amide bonds. The Hall–Kier alpha value is -1.36. The van der Waals surface area contributed by atoms with Gasteiger partial charge in [-0.15, -0.1) is 3.89 Å². The highest BCUT2D eigenvalue weighted by Crippen LogP contribution is 2.34. The van der Waals surface area contributed by atoms with Crippen LogP contribution in [0.1, 0.15) is 27.2 Å². The van der Waals surface area contributed by atoms with Gasteiger partial charge in [-0.05, 0) is 27.2 Å². The van der Waals surface area contributed by atoms with Crippen LogP contribution in [0.4, 0.5) is 8.68 Å². The van der Waals surface area contributed by atoms with Crippen LogP contribution in [0.2, 0.25) is 0 Å². The van der Waals surface area contributed by atoms with E-state index < -0.39 is 33.1 Å². The first-order valence-electron chi connectivity index (χ1n) is 5.78. The molecule has 0 bridgehead atoms. The molecule has 1 fully saturated rings. The van der Waals surface area contributed by atoms with E-state index in [9.17, 15) is 17.1 Å². The van der Waals surface area contributed by atoms with Gasteiger partial charge in [0.2, 0.25) is 0 Å². The Bertz CT molecular complexity index is 498. The van der Waals surface area contributed by atoms with Crippen molar-refractivity contribution in [2.45, 2.75) is 32.8 Å². The van der Waals surface area contributed by atoms with Crippen LogP contribution in [0.25, 0.3) is 0 Å². The van der Waals surface area contributed by atoms with Crippen molar-refractivity contribution in [2.24, 2.45) is 5.41 Å². The van der Waals surface area contributed by atoms with Crippen molar-refractivity contribution in [1.82, 2.24) is 4.90 Å². The zero-order valence-electron chi connectivity index (χ0n) is 11.1. The van der Waals surface area contributed by atoms with Crippen LogP contribution in [0.5, 0.6) is 0 Å². The summed E-state index contributed by atoms with van der Waals surface area (Å²) in [6.07, 6.45) is -0.678. The maximum Gasteiger partial charge on any atom is 0.410 e. The molecular formula is C11H17FN2O4S. The molecule has 0 aliphatic carbocycles. The minimum Gasteiger partial charge on any atom is -0.444 e. The fourth-order valence-corrected chi connectivity index (χ4v) is 2.38. The van der Waals surface area contributed by atoms with Gasteiger partial charge in [-0.2, -0.15) is 13.7 Å². The molecule has 1 saturated heterocycles. The van der Waals surface area contributed by atoms with Gasteiger partial charge in [0.15, 0.2) is 0 Å². The number of rotatable bonds is 3. The Balaban J connectivity index is 2.54. The normalized spacial score (nSPS) is 18.4. The molecule has 8 heteroatoms. The molecule has 0 radical (unpaired) electrons. The number of hydrogen-bond donors (Lipinski definition) is 0. The lowest BCUT2D eigenvalue weighted by Crippen LogP contribution is -2.59. The van der Waals surface area contributed by atoms with E-state index in [0.717, 1.165) is 0 Å². The molecular weight excluding hydrogens is 275 g/mol. The van der Waals surface area contributed by atoms with Crippen molar-refractivity contribution in [2.75, 3.05) is 18.8 Å². The van der Waals surface area contributed by atoms with Crippen LogP contribution in [-0.4, -0.2) is 43.9 Å². The Kier molecular flexibility index (Phi) is 4.10. The Morgan fingerprint density at radius 2 is 2.00 bits per heavy atom. The standard InChI is InChI=1S/C11H17FN2O4S/c1-10(2,3)18-9(15)14-7-11(6-13,8-14)4-5-19(12,16)17/h4-5,7-8H2,1-3H3. The maximum atomic E-state index is 12.5. The number of hydrogen-bond acceptors (Lipinski definition) is 5. The predicted octanol–water partition coefficient (Wildman–Crippen LogP) is 1.44. The summed E-state index contributed by atoms with van der Waals surface area (Å²) in [6.45, 7) is 5.29. The highest BCUT2D eigenvalue weighted by molar-refractivity contribution is 7.86. The van der Waals surface area contributed by atoms with Crippen LogP contribution in [-0.2, 0) is 15.0 Å². The molecule has 1 aliphatic rings. The second-order valence-electron chi connectivity index (χ2n) is 5.72. The van der Waals surface area contributed by atoms with Crippen LogP contribution in [0.3, 0.4) is 0 Å². The van der Waals surface area contributed by atoms with Gasteiger partial charge in [-0.3, -0.25) is 0 Å². The van der Waals surface area contributed by atoms with Gasteiger partial charge in [-0.25, -0.2) is 4.79 Å². The molecule has 19 heavy (non-hydrogen) atoms. The van der Waals surface area contributed by atoms with E-state index in [-0.39, 0.29) is 19.5 Å². The summed E-state index contributed by atoms with van der Waals surface area (Å²) in [4.78, 5) is 13.0. The lowest BCUT2D eigenvalue weighted by atomic mass is 9.79. The number of halogens is 1. The highest BCUT2D eigenvalue weighted by atomic mass is 32.3. The van der Waals surface area contributed by atoms with E-state index in [0.29, 0.717) is 0 Å². The van der Waals surface area contributed by atoms with E-state index in [1.54, 1.807) is 20.8 Å². The summed E-state index contributed by atoms with van der Waals surface area (Å²) < 4.78 is 38.5. The monoisotopic (exact) mass is 292 g/mol. The third-order valence-corrected chi connectivity index (χ3v) is 3.39. The average molecular weight is 292 g/mol. The summed E-state index contributed by atoms with van der Waals surface area (Å²) in [6, 6.07) is 1.95. The SMILES string of the molecule is CC(C)(C)OC(=O)N1CC(C#N)(CCS(=O)(=O)F)C1. The number of likely N-dealkylation sites (tertiary alicyclic amines) is 1. The topological polar surface area (TPSA) is 87.5 Å². The predicted molar refractivity (Wildman–Crippen MR) is 65.4 cm³/mol. The summed E-state index contributed by atoms with van der Waals surface area (Å²) >= 11 is 0. The van der Waals surface area contributed by atoms with Gasteiger partial charge in [0, 0.05) is 13.1 Å². The van der Waals surface area contributed by atoms with Crippen molar-refractivity contribution in [1.29, 1.82) is 5.26 Å². The fraction of sp³-hybridized carbons (Fsp3) is 0.818. The van der Waals surface area contributed by atoms with Crippen molar-refractivity contribution in [3.63, 3.8) is 0 Å². The molecule has 0 aromatic rings. The van der Waals surface area contributed by atoms with Crippen molar-refractivity contribution in [3.05, 3.63) is 0 Å². The Morgan fingerprint density at radius 1 is 1.47 bits per heavy atom. The summed E-state index contributed by atoms with van der Waals surface area (Å²) in [5.41, 5.74) is -1.62. The Morgan fingerprint density at radius 3 is 2.37 bits per heavy atom. The average Bonchev–Trinajstić information content (AvgIpc) is 2.11. The van der Waals surface area contributed by atoms with Gasteiger partial charge in [0.1, 0.15) is 5.60 Å². The van der Waals surface area contributed by atoms with Gasteiger partial charge in [0.05, 0.1) is 17.2 Å². The molecule has 0 saturated carbocycles. The number of amides is 1. The van der Waals surface area contributed by atoms with Gasteiger partial charge < -0.3 is 9.64 Å². The molecule has 0 aromatic heterocycles. The molecule has 1 heterocycles. The lowest BCUT2D eigenvalue weighted by molar-refractivity contribution is -0.0169. The summed E-state index contributed by atoms with van der Waals surface area (Å²) in [7, 11) is -4.60. The molecule has 1 aliphatic heterocycles. The summed E-state index contributed by atoms with van der Waals surface area (Å²) in [5.74, 6) is -0.706. The number of ether oxygens (including phenoxy) is 1. The number of nitriles is 1. The molecule has 108 valence electrons. The number of carbonyl (C=O) groups is 1. The largest absolute Gasteiger partial charge is 0.444 e. The zero-order valence-corrected chi connectivity index (χ0v) is 12.0. The van der Waals surface area contributed by atoms with Crippen LogP contribution >= 0.6 is 0 Å². The molecule has 0 spiro atoms. The number of nitrogens with zero attached hydrogens (tertiary/aromatic N) is 2. The van der Waals surface area contributed by atoms with E-state index >= 15 is 0 Å². The smallest absolute Gasteiger partial charge is 0.410 e. The molecule has 0 atom stereocenters. The maximum absolute atomic E-state index is 12.5. The highest BCUT2D eigenvalue weighted by Gasteiger charge is 2.47. The van der Waals surface area contributed by atoms with Crippen molar-refractivity contribution < 1.29 is 21.8 Å². The Labute approximate surface area is 112 Å². The van der Waals surface area contributed by atoms with Gasteiger partial charge in [-0.1, -0.05) is 0 Å². The minimum absolute atomic E-state index is 0.0634. The van der Waals surface area contributed by atoms with E-state index in [2.05, 4.69) is 0 Å². The molecule has 1 rings (SSSR count). The van der Waals surface area contributed by atoms with Crippen LogP contribution in [0, 0.1) is 16.7 Å². The third kappa shape index (κ3) is 4.67. The lowest BCUT2D eigenvalue weighted by Gasteiger charge is -2.45. The molecule has 0 N–H and O–H groups in total. The zero-order chi connectivity index (χ0) is 14.9. The second kappa shape index (κ2) is 4.96. The van der Waals surface area contributed by atoms with Crippen LogP contribution < -0.4 is 0 Å². The van der Waals surface area contributed by atoms with E-state index in [1.807, 2.05) is 6.07 Å². The van der Waals surface area contributed by atoms with Gasteiger partial charge >= 0.3 is 16.3 Å². The van der Waals surface area contributed by atoms with Crippen LogP contribution in [0.15, 0.2) is 0 Å². The van der Waals surface area contributed by atoms with E-state index in [1.165, 1.54) is 4.90 Å². The first-order chi connectivity index (χ1) is 8.46. The number of carbonyl (C=O) groups excluding carboxylic acids is 1. The fourth-order valence-electron chi connectivity index (χ4n) is 1.74. The minimum atomic E-state index is -4.60. The van der Waals surface area contributed by atoms with Crippen molar-refractivity contribution >= 4 is 16.3 Å². The molecule has 0 unspecified atom stereocenters. The first kappa shape index (κ1) is 15.7. The first-order valence-corrected chi connectivity index (χ1v) is 7.33. The molecule has 0 aromatic carbocycles. The van der Waals surface area contributed by atoms with Gasteiger partial charge in [0.25, 0.3) is 0 Å².